The minimum absolute atomic E-state index is 0.326. The number of amides is 2. The van der Waals surface area contributed by atoms with Crippen molar-refractivity contribution in [2.24, 2.45) is 0 Å². The molecule has 2 N–H and O–H groups in total. The van der Waals surface area contributed by atoms with E-state index in [0.717, 1.165) is 5.56 Å². The fourth-order valence-corrected chi connectivity index (χ4v) is 2.39. The van der Waals surface area contributed by atoms with Crippen molar-refractivity contribution < 1.29 is 19.1 Å². The Hall–Kier alpha value is -2.73. The van der Waals surface area contributed by atoms with E-state index in [1.54, 1.807) is 24.3 Å². The molecule has 2 rings (SSSR count). The van der Waals surface area contributed by atoms with Gasteiger partial charge in [0.05, 0.1) is 19.9 Å². The lowest BCUT2D eigenvalue weighted by Gasteiger charge is -2.11. The molecule has 132 valence electrons. The first-order valence-electron chi connectivity index (χ1n) is 7.59. The first kappa shape index (κ1) is 18.6. The average molecular weight is 363 g/mol. The summed E-state index contributed by atoms with van der Waals surface area (Å²) in [6.07, 6.45) is 0.575. The summed E-state index contributed by atoms with van der Waals surface area (Å²) < 4.78 is 10.3. The minimum atomic E-state index is -0.769. The van der Waals surface area contributed by atoms with E-state index in [1.807, 2.05) is 18.2 Å². The molecule has 0 aromatic heterocycles. The number of benzene rings is 2. The van der Waals surface area contributed by atoms with Crippen molar-refractivity contribution in [3.05, 3.63) is 53.1 Å². The van der Waals surface area contributed by atoms with E-state index in [9.17, 15) is 9.59 Å². The molecule has 0 saturated carbocycles. The molecule has 0 unspecified atom stereocenters. The number of ether oxygens (including phenoxy) is 2. The van der Waals surface area contributed by atoms with Gasteiger partial charge in [-0.25, -0.2) is 0 Å². The second kappa shape index (κ2) is 8.94. The smallest absolute Gasteiger partial charge is 0.313 e. The Morgan fingerprint density at radius 2 is 1.84 bits per heavy atom. The second-order valence-electron chi connectivity index (χ2n) is 5.16. The molecular weight excluding hydrogens is 344 g/mol. The van der Waals surface area contributed by atoms with Crippen molar-refractivity contribution in [2.75, 3.05) is 26.1 Å². The quantitative estimate of drug-likeness (QED) is 0.774. The van der Waals surface area contributed by atoms with Gasteiger partial charge in [0.1, 0.15) is 11.5 Å². The van der Waals surface area contributed by atoms with Crippen LogP contribution in [-0.4, -0.2) is 32.6 Å². The summed E-state index contributed by atoms with van der Waals surface area (Å²) in [6, 6.07) is 12.2. The molecule has 7 heteroatoms. The molecule has 0 aliphatic heterocycles. The summed E-state index contributed by atoms with van der Waals surface area (Å²) in [5, 5.41) is 5.72. The standard InChI is InChI=1S/C18H19ClN2O4/c1-24-14-6-7-15(16(11-14)25-2)21-18(23)17(22)20-9-8-12-4-3-5-13(19)10-12/h3-7,10-11H,8-9H2,1-2H3,(H,20,22)(H,21,23). The van der Waals surface area contributed by atoms with Crippen LogP contribution in [0.25, 0.3) is 0 Å². The number of anilines is 1. The van der Waals surface area contributed by atoms with Gasteiger partial charge in [0, 0.05) is 17.6 Å². The third-order valence-corrected chi connectivity index (χ3v) is 3.69. The van der Waals surface area contributed by atoms with Gasteiger partial charge < -0.3 is 20.1 Å². The molecule has 0 bridgehead atoms. The maximum absolute atomic E-state index is 12.0. The third-order valence-electron chi connectivity index (χ3n) is 3.45. The summed E-state index contributed by atoms with van der Waals surface area (Å²) in [5.41, 5.74) is 1.36. The van der Waals surface area contributed by atoms with Crippen molar-refractivity contribution in [3.8, 4) is 11.5 Å². The summed E-state index contributed by atoms with van der Waals surface area (Å²) in [7, 11) is 3.00. The highest BCUT2D eigenvalue weighted by molar-refractivity contribution is 6.39. The van der Waals surface area contributed by atoms with Gasteiger partial charge in [-0.05, 0) is 36.2 Å². The summed E-state index contributed by atoms with van der Waals surface area (Å²) in [6.45, 7) is 0.326. The predicted molar refractivity (Wildman–Crippen MR) is 96.3 cm³/mol. The summed E-state index contributed by atoms with van der Waals surface area (Å²) in [4.78, 5) is 23.9. The Morgan fingerprint density at radius 3 is 2.52 bits per heavy atom. The first-order valence-corrected chi connectivity index (χ1v) is 7.97. The molecule has 2 amide bonds. The SMILES string of the molecule is COc1ccc(NC(=O)C(=O)NCCc2cccc(Cl)c2)c(OC)c1. The fraction of sp³-hybridized carbons (Fsp3) is 0.222. The maximum atomic E-state index is 12.0. The Labute approximate surface area is 151 Å². The van der Waals surface area contributed by atoms with Crippen molar-refractivity contribution in [1.29, 1.82) is 0 Å². The zero-order chi connectivity index (χ0) is 18.2. The van der Waals surface area contributed by atoms with Crippen LogP contribution >= 0.6 is 11.6 Å². The van der Waals surface area contributed by atoms with E-state index in [-0.39, 0.29) is 0 Å². The number of halogens is 1. The van der Waals surface area contributed by atoms with Crippen LogP contribution < -0.4 is 20.1 Å². The number of hydrogen-bond acceptors (Lipinski definition) is 4. The highest BCUT2D eigenvalue weighted by Gasteiger charge is 2.15. The summed E-state index contributed by atoms with van der Waals surface area (Å²) in [5.74, 6) is -0.505. The zero-order valence-corrected chi connectivity index (χ0v) is 14.7. The van der Waals surface area contributed by atoms with Gasteiger partial charge in [0.2, 0.25) is 0 Å². The van der Waals surface area contributed by atoms with E-state index in [2.05, 4.69) is 10.6 Å². The maximum Gasteiger partial charge on any atom is 0.313 e. The van der Waals surface area contributed by atoms with Crippen LogP contribution in [0.5, 0.6) is 11.5 Å². The van der Waals surface area contributed by atoms with Gasteiger partial charge in [-0.15, -0.1) is 0 Å². The van der Waals surface area contributed by atoms with Crippen LogP contribution in [0.4, 0.5) is 5.69 Å². The van der Waals surface area contributed by atoms with Crippen molar-refractivity contribution in [2.45, 2.75) is 6.42 Å². The van der Waals surface area contributed by atoms with Crippen LogP contribution in [0.2, 0.25) is 5.02 Å². The first-order chi connectivity index (χ1) is 12.0. The molecule has 0 aliphatic carbocycles. The van der Waals surface area contributed by atoms with Gasteiger partial charge in [-0.3, -0.25) is 9.59 Å². The lowest BCUT2D eigenvalue weighted by molar-refractivity contribution is -0.136. The van der Waals surface area contributed by atoms with Gasteiger partial charge in [0.25, 0.3) is 0 Å². The van der Waals surface area contributed by atoms with Crippen molar-refractivity contribution >= 4 is 29.1 Å². The molecule has 0 atom stereocenters. The highest BCUT2D eigenvalue weighted by atomic mass is 35.5. The van der Waals surface area contributed by atoms with E-state index >= 15 is 0 Å². The Bertz CT molecular complexity index is 764. The zero-order valence-electron chi connectivity index (χ0n) is 14.0. The number of nitrogens with one attached hydrogen (secondary N) is 2. The summed E-state index contributed by atoms with van der Waals surface area (Å²) >= 11 is 5.90. The molecule has 0 spiro atoms. The van der Waals surface area contributed by atoms with Gasteiger partial charge in [-0.2, -0.15) is 0 Å². The lowest BCUT2D eigenvalue weighted by atomic mass is 10.1. The monoisotopic (exact) mass is 362 g/mol. The molecule has 2 aromatic carbocycles. The Kier molecular flexibility index (Phi) is 6.65. The van der Waals surface area contributed by atoms with Crippen LogP contribution in [0.3, 0.4) is 0 Å². The van der Waals surface area contributed by atoms with Gasteiger partial charge in [0.15, 0.2) is 0 Å². The van der Waals surface area contributed by atoms with E-state index in [4.69, 9.17) is 21.1 Å². The highest BCUT2D eigenvalue weighted by Crippen LogP contribution is 2.28. The number of carbonyl (C=O) groups is 2. The third kappa shape index (κ3) is 5.39. The van der Waals surface area contributed by atoms with Crippen LogP contribution in [0.15, 0.2) is 42.5 Å². The van der Waals surface area contributed by atoms with E-state index in [1.165, 1.54) is 14.2 Å². The largest absolute Gasteiger partial charge is 0.497 e. The lowest BCUT2D eigenvalue weighted by Crippen LogP contribution is -2.36. The number of rotatable bonds is 6. The molecule has 0 fully saturated rings. The molecule has 25 heavy (non-hydrogen) atoms. The Morgan fingerprint density at radius 1 is 1.04 bits per heavy atom. The van der Waals surface area contributed by atoms with Crippen molar-refractivity contribution in [3.63, 3.8) is 0 Å². The predicted octanol–water partition coefficient (Wildman–Crippen LogP) is 2.65. The van der Waals surface area contributed by atoms with Crippen LogP contribution in [-0.2, 0) is 16.0 Å². The van der Waals surface area contributed by atoms with Gasteiger partial charge >= 0.3 is 11.8 Å². The number of carbonyl (C=O) groups excluding carboxylic acids is 2. The fourth-order valence-electron chi connectivity index (χ4n) is 2.17. The van der Waals surface area contributed by atoms with Gasteiger partial charge in [-0.1, -0.05) is 23.7 Å². The van der Waals surface area contributed by atoms with Crippen molar-refractivity contribution in [1.82, 2.24) is 5.32 Å². The number of methoxy groups -OCH3 is 2. The number of hydrogen-bond donors (Lipinski definition) is 2. The minimum Gasteiger partial charge on any atom is -0.497 e. The molecular formula is C18H19ClN2O4. The molecule has 6 nitrogen and oxygen atoms in total. The molecule has 0 heterocycles. The van der Waals surface area contributed by atoms with Crippen LogP contribution in [0, 0.1) is 0 Å². The topological polar surface area (TPSA) is 76.7 Å². The molecule has 0 saturated heterocycles. The normalized spacial score (nSPS) is 10.0. The van der Waals surface area contributed by atoms with E-state index < -0.39 is 11.8 Å². The molecule has 0 aliphatic rings. The van der Waals surface area contributed by atoms with E-state index in [0.29, 0.717) is 35.2 Å². The molecule has 2 aromatic rings. The van der Waals surface area contributed by atoms with Crippen LogP contribution in [0.1, 0.15) is 5.56 Å². The average Bonchev–Trinajstić information content (AvgIpc) is 2.62. The second-order valence-corrected chi connectivity index (χ2v) is 5.59. The molecule has 0 radical (unpaired) electrons. The Balaban J connectivity index is 1.89.